The quantitative estimate of drug-likeness (QED) is 0.473. The lowest BCUT2D eigenvalue weighted by Crippen LogP contribution is -2.29. The molecule has 0 aliphatic rings. The third-order valence-electron chi connectivity index (χ3n) is 5.49. The molecule has 0 bridgehead atoms. The van der Waals surface area contributed by atoms with E-state index in [9.17, 15) is 4.79 Å². The number of aryl methyl sites for hydroxylation is 2. The number of imidazole rings is 1. The van der Waals surface area contributed by atoms with E-state index in [2.05, 4.69) is 35.2 Å². The standard InChI is InChI=1S/C25H26N4O2/c1-17-12-20(10-11-23(17)28-15-18(2)26-16-28)13-22-14-24(31-4)27-29(25(22)30)19(3)21-8-6-5-7-9-21/h5-12,14-16,19H,13H2,1-4H3. The summed E-state index contributed by atoms with van der Waals surface area (Å²) in [5.41, 5.74) is 5.79. The third-order valence-corrected chi connectivity index (χ3v) is 5.49. The first-order chi connectivity index (χ1) is 15.0. The molecule has 0 fully saturated rings. The molecule has 0 radical (unpaired) electrons. The topological polar surface area (TPSA) is 61.9 Å². The molecule has 4 aromatic rings. The highest BCUT2D eigenvalue weighted by atomic mass is 16.5. The van der Waals surface area contributed by atoms with Crippen molar-refractivity contribution < 1.29 is 4.74 Å². The van der Waals surface area contributed by atoms with Gasteiger partial charge in [-0.3, -0.25) is 4.79 Å². The van der Waals surface area contributed by atoms with E-state index in [1.807, 2.05) is 61.3 Å². The van der Waals surface area contributed by atoms with E-state index in [0.717, 1.165) is 28.1 Å². The van der Waals surface area contributed by atoms with Crippen LogP contribution in [0.2, 0.25) is 0 Å². The molecule has 1 unspecified atom stereocenters. The molecule has 2 aromatic carbocycles. The predicted octanol–water partition coefficient (Wildman–Crippen LogP) is 4.25. The van der Waals surface area contributed by atoms with Gasteiger partial charge >= 0.3 is 0 Å². The lowest BCUT2D eigenvalue weighted by atomic mass is 10.0. The van der Waals surface area contributed by atoms with Crippen molar-refractivity contribution in [3.8, 4) is 11.6 Å². The molecule has 2 heterocycles. The van der Waals surface area contributed by atoms with Crippen LogP contribution in [-0.2, 0) is 6.42 Å². The van der Waals surface area contributed by atoms with Crippen molar-refractivity contribution in [2.75, 3.05) is 7.11 Å². The molecule has 0 saturated heterocycles. The molecule has 2 aromatic heterocycles. The molecular formula is C25H26N4O2. The van der Waals surface area contributed by atoms with Crippen LogP contribution in [0.15, 0.2) is 71.9 Å². The number of hydrogen-bond acceptors (Lipinski definition) is 4. The zero-order valence-corrected chi connectivity index (χ0v) is 18.2. The predicted molar refractivity (Wildman–Crippen MR) is 121 cm³/mol. The summed E-state index contributed by atoms with van der Waals surface area (Å²) in [6.07, 6.45) is 4.32. The molecule has 158 valence electrons. The normalized spacial score (nSPS) is 12.0. The fourth-order valence-electron chi connectivity index (χ4n) is 3.79. The first-order valence-electron chi connectivity index (χ1n) is 10.3. The number of methoxy groups -OCH3 is 1. The van der Waals surface area contributed by atoms with Gasteiger partial charge in [-0.05, 0) is 43.5 Å². The molecular weight excluding hydrogens is 388 g/mol. The molecule has 31 heavy (non-hydrogen) atoms. The van der Waals surface area contributed by atoms with Crippen LogP contribution in [0.25, 0.3) is 5.69 Å². The Kier molecular flexibility index (Phi) is 5.71. The monoisotopic (exact) mass is 414 g/mol. The highest BCUT2D eigenvalue weighted by Crippen LogP contribution is 2.20. The smallest absolute Gasteiger partial charge is 0.271 e. The first-order valence-corrected chi connectivity index (χ1v) is 10.3. The van der Waals surface area contributed by atoms with E-state index in [1.54, 1.807) is 13.2 Å². The van der Waals surface area contributed by atoms with Crippen LogP contribution in [0.5, 0.6) is 5.88 Å². The summed E-state index contributed by atoms with van der Waals surface area (Å²) in [6, 6.07) is 17.6. The zero-order chi connectivity index (χ0) is 22.0. The molecule has 1 atom stereocenters. The van der Waals surface area contributed by atoms with E-state index in [0.29, 0.717) is 17.9 Å². The Hall–Kier alpha value is -3.67. The van der Waals surface area contributed by atoms with Gasteiger partial charge in [0, 0.05) is 29.9 Å². The van der Waals surface area contributed by atoms with E-state index in [4.69, 9.17) is 4.74 Å². The molecule has 6 nitrogen and oxygen atoms in total. The van der Waals surface area contributed by atoms with E-state index < -0.39 is 0 Å². The highest BCUT2D eigenvalue weighted by Gasteiger charge is 2.16. The molecule has 0 aliphatic carbocycles. The minimum atomic E-state index is -0.198. The van der Waals surface area contributed by atoms with Crippen LogP contribution >= 0.6 is 0 Å². The van der Waals surface area contributed by atoms with Crippen LogP contribution in [0, 0.1) is 13.8 Å². The van der Waals surface area contributed by atoms with Gasteiger partial charge in [-0.2, -0.15) is 0 Å². The summed E-state index contributed by atoms with van der Waals surface area (Å²) in [6.45, 7) is 6.01. The van der Waals surface area contributed by atoms with E-state index in [1.165, 1.54) is 4.68 Å². The summed E-state index contributed by atoms with van der Waals surface area (Å²) in [5, 5.41) is 4.41. The second-order valence-corrected chi connectivity index (χ2v) is 7.77. The molecule has 4 rings (SSSR count). The Balaban J connectivity index is 1.68. The van der Waals surface area contributed by atoms with Gasteiger partial charge in [-0.1, -0.05) is 42.5 Å². The first kappa shape index (κ1) is 20.6. The van der Waals surface area contributed by atoms with Crippen molar-refractivity contribution in [2.45, 2.75) is 33.2 Å². The summed E-state index contributed by atoms with van der Waals surface area (Å²) in [7, 11) is 1.57. The fraction of sp³-hybridized carbons (Fsp3) is 0.240. The minimum Gasteiger partial charge on any atom is -0.480 e. The fourth-order valence-corrected chi connectivity index (χ4v) is 3.79. The van der Waals surface area contributed by atoms with Crippen LogP contribution in [0.3, 0.4) is 0 Å². The Morgan fingerprint density at radius 3 is 2.48 bits per heavy atom. The van der Waals surface area contributed by atoms with Crippen LogP contribution in [0.4, 0.5) is 0 Å². The van der Waals surface area contributed by atoms with E-state index >= 15 is 0 Å². The molecule has 0 spiro atoms. The molecule has 0 saturated carbocycles. The van der Waals surface area contributed by atoms with Gasteiger partial charge < -0.3 is 9.30 Å². The average Bonchev–Trinajstić information content (AvgIpc) is 3.21. The van der Waals surface area contributed by atoms with Crippen LogP contribution < -0.4 is 10.3 Å². The molecule has 6 heteroatoms. The summed E-state index contributed by atoms with van der Waals surface area (Å²) < 4.78 is 8.92. The highest BCUT2D eigenvalue weighted by molar-refractivity contribution is 5.44. The third kappa shape index (κ3) is 4.28. The molecule has 0 aliphatic heterocycles. The number of benzene rings is 2. The van der Waals surface area contributed by atoms with Crippen molar-refractivity contribution >= 4 is 0 Å². The van der Waals surface area contributed by atoms with Gasteiger partial charge in [0.15, 0.2) is 0 Å². The number of aromatic nitrogens is 4. The van der Waals surface area contributed by atoms with Crippen molar-refractivity contribution in [2.24, 2.45) is 0 Å². The summed E-state index contributed by atoms with van der Waals surface area (Å²) in [4.78, 5) is 17.6. The van der Waals surface area contributed by atoms with Crippen molar-refractivity contribution in [1.29, 1.82) is 0 Å². The van der Waals surface area contributed by atoms with Gasteiger partial charge in [0.05, 0.1) is 25.2 Å². The number of ether oxygens (including phenoxy) is 1. The maximum atomic E-state index is 13.3. The van der Waals surface area contributed by atoms with Gasteiger partial charge in [0.25, 0.3) is 5.56 Å². The van der Waals surface area contributed by atoms with Crippen molar-refractivity contribution in [3.05, 3.63) is 105 Å². The second kappa shape index (κ2) is 8.60. The van der Waals surface area contributed by atoms with Gasteiger partial charge in [0.1, 0.15) is 0 Å². The minimum absolute atomic E-state index is 0.107. The second-order valence-electron chi connectivity index (χ2n) is 7.77. The SMILES string of the molecule is COc1cc(Cc2ccc(-n3cnc(C)c3)c(C)c2)c(=O)n(C(C)c2ccccc2)n1. The lowest BCUT2D eigenvalue weighted by Gasteiger charge is -2.17. The number of nitrogens with zero attached hydrogens (tertiary/aromatic N) is 4. The van der Waals surface area contributed by atoms with Gasteiger partial charge in [-0.15, -0.1) is 5.10 Å². The summed E-state index contributed by atoms with van der Waals surface area (Å²) in [5.74, 6) is 0.430. The molecule has 0 N–H and O–H groups in total. The maximum absolute atomic E-state index is 13.3. The Labute approximate surface area is 181 Å². The summed E-state index contributed by atoms with van der Waals surface area (Å²) >= 11 is 0. The van der Waals surface area contributed by atoms with Crippen molar-refractivity contribution in [1.82, 2.24) is 19.3 Å². The Bertz CT molecular complexity index is 1260. The number of rotatable bonds is 6. The maximum Gasteiger partial charge on any atom is 0.271 e. The lowest BCUT2D eigenvalue weighted by molar-refractivity contribution is 0.369. The zero-order valence-electron chi connectivity index (χ0n) is 18.2. The molecule has 0 amide bonds. The van der Waals surface area contributed by atoms with E-state index in [-0.39, 0.29) is 11.6 Å². The van der Waals surface area contributed by atoms with Crippen molar-refractivity contribution in [3.63, 3.8) is 0 Å². The van der Waals surface area contributed by atoms with Crippen LogP contribution in [0.1, 0.15) is 40.9 Å². The Morgan fingerprint density at radius 2 is 1.84 bits per heavy atom. The largest absolute Gasteiger partial charge is 0.480 e. The van der Waals surface area contributed by atoms with Gasteiger partial charge in [0.2, 0.25) is 5.88 Å². The number of hydrogen-bond donors (Lipinski definition) is 0. The van der Waals surface area contributed by atoms with Crippen LogP contribution in [-0.4, -0.2) is 26.4 Å². The van der Waals surface area contributed by atoms with Gasteiger partial charge in [-0.25, -0.2) is 9.67 Å². The Morgan fingerprint density at radius 1 is 1.06 bits per heavy atom. The average molecular weight is 415 g/mol.